The van der Waals surface area contributed by atoms with Crippen molar-refractivity contribution in [3.63, 3.8) is 0 Å². The van der Waals surface area contributed by atoms with Crippen molar-refractivity contribution < 1.29 is 17.2 Å². The maximum Gasteiger partial charge on any atom is 0.278 e. The molecule has 96 valence electrons. The van der Waals surface area contributed by atoms with Crippen LogP contribution in [0.25, 0.3) is 0 Å². The quantitative estimate of drug-likeness (QED) is 0.729. The van der Waals surface area contributed by atoms with E-state index in [1.54, 1.807) is 0 Å². The number of H-pyrrole nitrogens is 1. The van der Waals surface area contributed by atoms with Crippen molar-refractivity contribution in [3.05, 3.63) is 36.0 Å². The monoisotopic (exact) mass is 274 g/mol. The van der Waals surface area contributed by atoms with Crippen LogP contribution in [-0.4, -0.2) is 18.6 Å². The molecule has 18 heavy (non-hydrogen) atoms. The van der Waals surface area contributed by atoms with Gasteiger partial charge in [0.05, 0.1) is 11.9 Å². The number of anilines is 2. The third-order valence-corrected chi connectivity index (χ3v) is 3.37. The van der Waals surface area contributed by atoms with Crippen molar-refractivity contribution >= 4 is 21.4 Å². The SMILES string of the molecule is Nc1cc(F)cc(F)c1NS(=O)(=O)c1ccn[nH]1. The average Bonchev–Trinajstić information content (AvgIpc) is 2.77. The second-order valence-electron chi connectivity index (χ2n) is 3.38. The van der Waals surface area contributed by atoms with Gasteiger partial charge in [0.15, 0.2) is 10.8 Å². The Bertz CT molecular complexity index is 647. The van der Waals surface area contributed by atoms with Gasteiger partial charge in [0, 0.05) is 6.07 Å². The molecule has 0 saturated carbocycles. The zero-order valence-corrected chi connectivity index (χ0v) is 9.63. The molecule has 0 spiro atoms. The van der Waals surface area contributed by atoms with Crippen molar-refractivity contribution in [3.8, 4) is 0 Å². The molecule has 1 aromatic carbocycles. The summed E-state index contributed by atoms with van der Waals surface area (Å²) < 4.78 is 51.6. The molecule has 9 heteroatoms. The summed E-state index contributed by atoms with van der Waals surface area (Å²) in [7, 11) is -4.04. The summed E-state index contributed by atoms with van der Waals surface area (Å²) >= 11 is 0. The van der Waals surface area contributed by atoms with Crippen molar-refractivity contribution in [2.75, 3.05) is 10.5 Å². The minimum Gasteiger partial charge on any atom is -0.397 e. The molecule has 0 aliphatic heterocycles. The maximum absolute atomic E-state index is 13.4. The van der Waals surface area contributed by atoms with Crippen LogP contribution in [0.5, 0.6) is 0 Å². The summed E-state index contributed by atoms with van der Waals surface area (Å²) in [6.07, 6.45) is 1.22. The van der Waals surface area contributed by atoms with Crippen LogP contribution < -0.4 is 10.5 Å². The lowest BCUT2D eigenvalue weighted by Gasteiger charge is -2.10. The van der Waals surface area contributed by atoms with Gasteiger partial charge in [0.2, 0.25) is 0 Å². The van der Waals surface area contributed by atoms with E-state index in [2.05, 4.69) is 10.2 Å². The van der Waals surface area contributed by atoms with Crippen molar-refractivity contribution in [2.45, 2.75) is 5.03 Å². The second-order valence-corrected chi connectivity index (χ2v) is 5.03. The van der Waals surface area contributed by atoms with E-state index in [-0.39, 0.29) is 10.7 Å². The first kappa shape index (κ1) is 12.3. The summed E-state index contributed by atoms with van der Waals surface area (Å²) in [5, 5.41) is 5.41. The maximum atomic E-state index is 13.4. The van der Waals surface area contributed by atoms with E-state index in [9.17, 15) is 17.2 Å². The molecule has 0 radical (unpaired) electrons. The van der Waals surface area contributed by atoms with Crippen LogP contribution in [0.1, 0.15) is 0 Å². The van der Waals surface area contributed by atoms with Gasteiger partial charge < -0.3 is 5.73 Å². The van der Waals surface area contributed by atoms with Crippen LogP contribution >= 0.6 is 0 Å². The van der Waals surface area contributed by atoms with Gasteiger partial charge >= 0.3 is 0 Å². The molecule has 1 heterocycles. The second kappa shape index (κ2) is 4.26. The molecular weight excluding hydrogens is 266 g/mol. The van der Waals surface area contributed by atoms with Crippen LogP contribution in [0.15, 0.2) is 29.4 Å². The van der Waals surface area contributed by atoms with Gasteiger partial charge in [-0.25, -0.2) is 8.78 Å². The van der Waals surface area contributed by atoms with E-state index < -0.39 is 27.3 Å². The Morgan fingerprint density at radius 1 is 1.33 bits per heavy atom. The van der Waals surface area contributed by atoms with Gasteiger partial charge in [-0.1, -0.05) is 0 Å². The molecule has 4 N–H and O–H groups in total. The zero-order valence-electron chi connectivity index (χ0n) is 8.81. The number of sulfonamides is 1. The van der Waals surface area contributed by atoms with Crippen molar-refractivity contribution in [1.29, 1.82) is 0 Å². The van der Waals surface area contributed by atoms with E-state index in [0.717, 1.165) is 6.07 Å². The fourth-order valence-corrected chi connectivity index (χ4v) is 2.29. The number of rotatable bonds is 3. The van der Waals surface area contributed by atoms with E-state index >= 15 is 0 Å². The number of aromatic amines is 1. The van der Waals surface area contributed by atoms with Crippen LogP contribution in [0.4, 0.5) is 20.2 Å². The lowest BCUT2D eigenvalue weighted by Crippen LogP contribution is -2.16. The number of hydrogen-bond donors (Lipinski definition) is 3. The Hall–Kier alpha value is -2.16. The normalized spacial score (nSPS) is 11.4. The number of hydrogen-bond acceptors (Lipinski definition) is 4. The minimum atomic E-state index is -4.04. The molecular formula is C9H8F2N4O2S. The molecule has 0 bridgehead atoms. The third-order valence-electron chi connectivity index (χ3n) is 2.09. The summed E-state index contributed by atoms with van der Waals surface area (Å²) in [5.41, 5.74) is 4.49. The lowest BCUT2D eigenvalue weighted by molar-refractivity contribution is 0.583. The molecule has 2 rings (SSSR count). The van der Waals surface area contributed by atoms with Gasteiger partial charge in [-0.2, -0.15) is 13.5 Å². The molecule has 0 amide bonds. The highest BCUT2D eigenvalue weighted by Crippen LogP contribution is 2.26. The standard InChI is InChI=1S/C9H8F2N4O2S/c10-5-3-6(11)9(7(12)4-5)15-18(16,17)8-1-2-13-14-8/h1-4,15H,12H2,(H,13,14). The van der Waals surface area contributed by atoms with Crippen LogP contribution in [0.2, 0.25) is 0 Å². The van der Waals surface area contributed by atoms with E-state index in [1.165, 1.54) is 12.3 Å². The topological polar surface area (TPSA) is 101 Å². The van der Waals surface area contributed by atoms with Gasteiger partial charge in [-0.05, 0) is 12.1 Å². The van der Waals surface area contributed by atoms with Crippen molar-refractivity contribution in [1.82, 2.24) is 10.2 Å². The number of halogens is 2. The average molecular weight is 274 g/mol. The molecule has 0 aliphatic rings. The fraction of sp³-hybridized carbons (Fsp3) is 0. The van der Waals surface area contributed by atoms with Crippen LogP contribution in [-0.2, 0) is 10.0 Å². The largest absolute Gasteiger partial charge is 0.397 e. The Morgan fingerprint density at radius 2 is 2.06 bits per heavy atom. The molecule has 0 saturated heterocycles. The summed E-state index contributed by atoms with van der Waals surface area (Å²) in [5.74, 6) is -2.00. The number of nitrogens with one attached hydrogen (secondary N) is 2. The van der Waals surface area contributed by atoms with E-state index in [4.69, 9.17) is 5.73 Å². The smallest absolute Gasteiger partial charge is 0.278 e. The zero-order chi connectivity index (χ0) is 13.3. The summed E-state index contributed by atoms with van der Waals surface area (Å²) in [4.78, 5) is 0. The van der Waals surface area contributed by atoms with Crippen molar-refractivity contribution in [2.24, 2.45) is 0 Å². The Labute approximate surface area is 101 Å². The summed E-state index contributed by atoms with van der Waals surface area (Å²) in [6, 6.07) is 2.52. The first-order chi connectivity index (χ1) is 8.40. The molecule has 6 nitrogen and oxygen atoms in total. The lowest BCUT2D eigenvalue weighted by atomic mass is 10.2. The number of nitrogens with two attached hydrogens (primary N) is 1. The van der Waals surface area contributed by atoms with E-state index in [1.807, 2.05) is 4.72 Å². The molecule has 0 aliphatic carbocycles. The number of nitrogens with zero attached hydrogens (tertiary/aromatic N) is 1. The fourth-order valence-electron chi connectivity index (χ4n) is 1.28. The highest BCUT2D eigenvalue weighted by Gasteiger charge is 2.19. The first-order valence-electron chi connectivity index (χ1n) is 4.67. The first-order valence-corrected chi connectivity index (χ1v) is 6.15. The Balaban J connectivity index is 2.42. The molecule has 0 unspecified atom stereocenters. The summed E-state index contributed by atoms with van der Waals surface area (Å²) in [6.45, 7) is 0. The van der Waals surface area contributed by atoms with E-state index in [0.29, 0.717) is 6.07 Å². The van der Waals surface area contributed by atoms with Gasteiger partial charge in [0.25, 0.3) is 10.0 Å². The predicted octanol–water partition coefficient (Wildman–Crippen LogP) is 1.07. The molecule has 2 aromatic rings. The Kier molecular flexibility index (Phi) is 2.91. The van der Waals surface area contributed by atoms with Gasteiger partial charge in [-0.15, -0.1) is 0 Å². The highest BCUT2D eigenvalue weighted by atomic mass is 32.2. The number of benzene rings is 1. The van der Waals surface area contributed by atoms with Gasteiger partial charge in [-0.3, -0.25) is 9.82 Å². The van der Waals surface area contributed by atoms with Crippen LogP contribution in [0.3, 0.4) is 0 Å². The number of nitrogen functional groups attached to an aromatic ring is 1. The minimum absolute atomic E-state index is 0.259. The van der Waals surface area contributed by atoms with Crippen LogP contribution in [0, 0.1) is 11.6 Å². The predicted molar refractivity (Wildman–Crippen MR) is 60.2 cm³/mol. The Morgan fingerprint density at radius 3 is 2.61 bits per heavy atom. The molecule has 0 atom stereocenters. The molecule has 0 fully saturated rings. The third kappa shape index (κ3) is 2.25. The molecule has 1 aromatic heterocycles. The van der Waals surface area contributed by atoms with Gasteiger partial charge in [0.1, 0.15) is 11.5 Å². The highest BCUT2D eigenvalue weighted by molar-refractivity contribution is 7.92. The number of aromatic nitrogens is 2.